The monoisotopic (exact) mass is 469 g/mol. The molecule has 0 unspecified atom stereocenters. The summed E-state index contributed by atoms with van der Waals surface area (Å²) < 4.78 is 54.6. The molecule has 10 heteroatoms. The van der Waals surface area contributed by atoms with Crippen molar-refractivity contribution in [1.29, 1.82) is 0 Å². The molecule has 34 heavy (non-hydrogen) atoms. The van der Waals surface area contributed by atoms with Crippen molar-refractivity contribution in [2.45, 2.75) is 19.1 Å². The van der Waals surface area contributed by atoms with Gasteiger partial charge < -0.3 is 14.8 Å². The lowest BCUT2D eigenvalue weighted by Crippen LogP contribution is -2.37. The lowest BCUT2D eigenvalue weighted by atomic mass is 10.2. The number of halogens is 4. The second-order valence-corrected chi connectivity index (χ2v) is 8.05. The molecular weight excluding hydrogens is 450 g/mol. The molecule has 1 N–H and O–H groups in total. The van der Waals surface area contributed by atoms with Gasteiger partial charge in [0.05, 0.1) is 11.9 Å². The zero-order chi connectivity index (χ0) is 23.9. The summed E-state index contributed by atoms with van der Waals surface area (Å²) in [6, 6.07) is 12.7. The van der Waals surface area contributed by atoms with Crippen LogP contribution in [0.4, 0.5) is 29.1 Å². The molecule has 0 aliphatic carbocycles. The van der Waals surface area contributed by atoms with E-state index in [2.05, 4.69) is 20.2 Å². The van der Waals surface area contributed by atoms with Crippen molar-refractivity contribution in [2.24, 2.45) is 0 Å². The summed E-state index contributed by atoms with van der Waals surface area (Å²) in [6.07, 6.45) is -1.98. The molecule has 174 valence electrons. The fraction of sp³-hybridized carbons (Fsp3) is 0.208. The van der Waals surface area contributed by atoms with Crippen LogP contribution in [-0.2, 0) is 12.7 Å². The molecule has 0 spiro atoms. The Hall–Kier alpha value is -3.95. The minimum absolute atomic E-state index is 0.00977. The Labute approximate surface area is 191 Å². The number of anilines is 2. The predicted octanol–water partition coefficient (Wildman–Crippen LogP) is 5.10. The number of aromatic nitrogens is 3. The van der Waals surface area contributed by atoms with Crippen molar-refractivity contribution in [2.75, 3.05) is 23.3 Å². The third-order valence-corrected chi connectivity index (χ3v) is 5.71. The SMILES string of the molecule is O=C(Nc1ccc(N2CCC2)nc1)c1cc2ccc(C(F)(F)F)nc2n1Cc1ccc(F)cc1. The molecule has 4 aromatic rings. The molecule has 0 saturated carbocycles. The van der Waals surface area contributed by atoms with Crippen LogP contribution in [0, 0.1) is 5.82 Å². The fourth-order valence-corrected chi connectivity index (χ4v) is 3.79. The number of nitrogens with zero attached hydrogens (tertiary/aromatic N) is 4. The topological polar surface area (TPSA) is 63.1 Å². The van der Waals surface area contributed by atoms with Gasteiger partial charge in [0.2, 0.25) is 0 Å². The lowest BCUT2D eigenvalue weighted by Gasteiger charge is -2.31. The van der Waals surface area contributed by atoms with E-state index >= 15 is 0 Å². The average Bonchev–Trinajstić information content (AvgIpc) is 3.13. The number of carbonyl (C=O) groups excluding carboxylic acids is 1. The quantitative estimate of drug-likeness (QED) is 0.413. The van der Waals surface area contributed by atoms with Crippen molar-refractivity contribution in [3.63, 3.8) is 0 Å². The smallest absolute Gasteiger partial charge is 0.356 e. The number of benzene rings is 1. The van der Waals surface area contributed by atoms with Crippen molar-refractivity contribution in [1.82, 2.24) is 14.5 Å². The summed E-state index contributed by atoms with van der Waals surface area (Å²) in [4.78, 5) is 23.4. The summed E-state index contributed by atoms with van der Waals surface area (Å²) in [5.74, 6) is -0.142. The summed E-state index contributed by atoms with van der Waals surface area (Å²) in [6.45, 7) is 1.91. The number of fused-ring (bicyclic) bond motifs is 1. The van der Waals surface area contributed by atoms with Crippen LogP contribution in [0.1, 0.15) is 28.2 Å². The molecule has 5 rings (SSSR count). The largest absolute Gasteiger partial charge is 0.433 e. The number of carbonyl (C=O) groups is 1. The summed E-state index contributed by atoms with van der Waals surface area (Å²) in [5.41, 5.74) is 0.134. The molecule has 0 bridgehead atoms. The van der Waals surface area contributed by atoms with Crippen LogP contribution in [0.5, 0.6) is 0 Å². The van der Waals surface area contributed by atoms with Crippen LogP contribution in [0.3, 0.4) is 0 Å². The van der Waals surface area contributed by atoms with Gasteiger partial charge >= 0.3 is 6.18 Å². The molecule has 6 nitrogen and oxygen atoms in total. The first-order valence-electron chi connectivity index (χ1n) is 10.6. The van der Waals surface area contributed by atoms with Crippen LogP contribution >= 0.6 is 0 Å². The maximum Gasteiger partial charge on any atom is 0.433 e. The minimum atomic E-state index is -4.63. The number of pyridine rings is 2. The first kappa shape index (κ1) is 21.9. The summed E-state index contributed by atoms with van der Waals surface area (Å²) in [7, 11) is 0. The molecule has 4 heterocycles. The zero-order valence-corrected chi connectivity index (χ0v) is 17.8. The van der Waals surface area contributed by atoms with Gasteiger partial charge in [-0.15, -0.1) is 0 Å². The van der Waals surface area contributed by atoms with Crippen LogP contribution in [0.15, 0.2) is 60.8 Å². The number of rotatable bonds is 5. The first-order chi connectivity index (χ1) is 16.3. The number of alkyl halides is 3. The lowest BCUT2D eigenvalue weighted by molar-refractivity contribution is -0.141. The highest BCUT2D eigenvalue weighted by Crippen LogP contribution is 2.30. The van der Waals surface area contributed by atoms with Gasteiger partial charge in [-0.25, -0.2) is 14.4 Å². The number of nitrogens with one attached hydrogen (secondary N) is 1. The third kappa shape index (κ3) is 4.30. The van der Waals surface area contributed by atoms with Gasteiger partial charge in [0.15, 0.2) is 0 Å². The second-order valence-electron chi connectivity index (χ2n) is 8.05. The molecule has 1 fully saturated rings. The summed E-state index contributed by atoms with van der Waals surface area (Å²) >= 11 is 0. The van der Waals surface area contributed by atoms with Crippen LogP contribution in [0.2, 0.25) is 0 Å². The molecule has 1 aromatic carbocycles. The Morgan fingerprint density at radius 2 is 1.79 bits per heavy atom. The van der Waals surface area contributed by atoms with Gasteiger partial charge in [-0.3, -0.25) is 4.79 Å². The first-order valence-corrected chi connectivity index (χ1v) is 10.6. The average molecular weight is 469 g/mol. The third-order valence-electron chi connectivity index (χ3n) is 5.71. The highest BCUT2D eigenvalue weighted by molar-refractivity contribution is 6.06. The van der Waals surface area contributed by atoms with Gasteiger partial charge in [-0.1, -0.05) is 12.1 Å². The van der Waals surface area contributed by atoms with E-state index < -0.39 is 23.6 Å². The Kier molecular flexibility index (Phi) is 5.43. The molecule has 0 atom stereocenters. The van der Waals surface area contributed by atoms with E-state index in [1.54, 1.807) is 18.3 Å². The van der Waals surface area contributed by atoms with Crippen molar-refractivity contribution >= 4 is 28.4 Å². The summed E-state index contributed by atoms with van der Waals surface area (Å²) in [5, 5.41) is 3.13. The van der Waals surface area contributed by atoms with E-state index in [4.69, 9.17) is 0 Å². The van der Waals surface area contributed by atoms with Gasteiger partial charge in [-0.2, -0.15) is 13.2 Å². The van der Waals surface area contributed by atoms with E-state index in [0.29, 0.717) is 16.6 Å². The number of amides is 1. The molecule has 1 amide bonds. The molecule has 1 saturated heterocycles. The normalized spacial score (nSPS) is 13.7. The molecule has 3 aromatic heterocycles. The fourth-order valence-electron chi connectivity index (χ4n) is 3.79. The Balaban J connectivity index is 1.50. The van der Waals surface area contributed by atoms with E-state index in [1.165, 1.54) is 41.0 Å². The van der Waals surface area contributed by atoms with E-state index in [9.17, 15) is 22.4 Å². The van der Waals surface area contributed by atoms with Crippen LogP contribution in [-0.4, -0.2) is 33.5 Å². The highest BCUT2D eigenvalue weighted by Gasteiger charge is 2.33. The minimum Gasteiger partial charge on any atom is -0.356 e. The van der Waals surface area contributed by atoms with Crippen LogP contribution < -0.4 is 10.2 Å². The van der Waals surface area contributed by atoms with Crippen molar-refractivity contribution in [3.05, 3.63) is 83.6 Å². The molecule has 1 aliphatic heterocycles. The Morgan fingerprint density at radius 1 is 1.03 bits per heavy atom. The van der Waals surface area contributed by atoms with Crippen molar-refractivity contribution in [3.8, 4) is 0 Å². The van der Waals surface area contributed by atoms with Crippen molar-refractivity contribution < 1.29 is 22.4 Å². The maximum absolute atomic E-state index is 13.3. The second kappa shape index (κ2) is 8.44. The predicted molar refractivity (Wildman–Crippen MR) is 119 cm³/mol. The highest BCUT2D eigenvalue weighted by atomic mass is 19.4. The molecule has 0 radical (unpaired) electrons. The number of hydrogen-bond donors (Lipinski definition) is 1. The maximum atomic E-state index is 13.3. The Bertz CT molecular complexity index is 1340. The Morgan fingerprint density at radius 3 is 2.41 bits per heavy atom. The van der Waals surface area contributed by atoms with Crippen LogP contribution in [0.25, 0.3) is 11.0 Å². The van der Waals surface area contributed by atoms with Gasteiger partial charge in [0, 0.05) is 25.0 Å². The zero-order valence-electron chi connectivity index (χ0n) is 17.8. The standard InChI is InChI=1S/C24H19F4N5O/c25-17-5-2-15(3-6-17)14-33-19(12-16-4-8-20(24(26,27)28)31-22(16)33)23(34)30-18-7-9-21(29-13-18)32-10-1-11-32/h2-9,12-13H,1,10-11,14H2,(H,30,34). The number of hydrogen-bond acceptors (Lipinski definition) is 4. The van der Waals surface area contributed by atoms with Gasteiger partial charge in [0.25, 0.3) is 5.91 Å². The van der Waals surface area contributed by atoms with Gasteiger partial charge in [-0.05, 0) is 54.4 Å². The molecule has 1 aliphatic rings. The van der Waals surface area contributed by atoms with E-state index in [0.717, 1.165) is 31.4 Å². The van der Waals surface area contributed by atoms with E-state index in [-0.39, 0.29) is 17.9 Å². The van der Waals surface area contributed by atoms with E-state index in [1.807, 2.05) is 0 Å². The van der Waals surface area contributed by atoms with Gasteiger partial charge in [0.1, 0.15) is 28.7 Å². The molecular formula is C24H19F4N5O.